The number of thioether (sulfide) groups is 1. The summed E-state index contributed by atoms with van der Waals surface area (Å²) in [6.07, 6.45) is 1.65. The van der Waals surface area contributed by atoms with E-state index in [0.29, 0.717) is 22.7 Å². The molecular weight excluding hydrogens is 534 g/mol. The number of amides is 3. The van der Waals surface area contributed by atoms with Crippen molar-refractivity contribution in [3.8, 4) is 5.75 Å². The van der Waals surface area contributed by atoms with Gasteiger partial charge in [-0.15, -0.1) is 11.8 Å². The molecule has 1 unspecified atom stereocenters. The Kier molecular flexibility index (Phi) is 9.96. The lowest BCUT2D eigenvalue weighted by atomic mass is 10.1. The Bertz CT molecular complexity index is 1550. The van der Waals surface area contributed by atoms with Gasteiger partial charge in [0.2, 0.25) is 5.91 Å². The fourth-order valence-electron chi connectivity index (χ4n) is 3.89. The number of methoxy groups -OCH3 is 1. The van der Waals surface area contributed by atoms with Crippen LogP contribution < -0.4 is 20.7 Å². The lowest BCUT2D eigenvalue weighted by Crippen LogP contribution is -2.30. The van der Waals surface area contributed by atoms with Gasteiger partial charge in [0.15, 0.2) is 0 Å². The molecular formula is C33H31N3O4S. The van der Waals surface area contributed by atoms with E-state index in [1.54, 1.807) is 79.9 Å². The second-order valence-electron chi connectivity index (χ2n) is 9.25. The van der Waals surface area contributed by atoms with Crippen LogP contribution in [-0.4, -0.2) is 30.1 Å². The number of hydrogen-bond acceptors (Lipinski definition) is 5. The largest absolute Gasteiger partial charge is 0.497 e. The normalized spacial score (nSPS) is 11.7. The minimum Gasteiger partial charge on any atom is -0.497 e. The Morgan fingerprint density at radius 1 is 0.805 bits per heavy atom. The van der Waals surface area contributed by atoms with Gasteiger partial charge in [0.1, 0.15) is 11.4 Å². The Labute approximate surface area is 244 Å². The predicted molar refractivity (Wildman–Crippen MR) is 165 cm³/mol. The minimum atomic E-state index is -0.469. The summed E-state index contributed by atoms with van der Waals surface area (Å²) in [5.41, 5.74) is 3.57. The lowest BCUT2D eigenvalue weighted by Gasteiger charge is -2.14. The third-order valence-electron chi connectivity index (χ3n) is 6.01. The molecule has 0 radical (unpaired) electrons. The van der Waals surface area contributed by atoms with Crippen LogP contribution in [0, 0.1) is 6.92 Å². The molecule has 4 aromatic rings. The maximum Gasteiger partial charge on any atom is 0.272 e. The molecule has 0 spiro atoms. The molecule has 0 saturated heterocycles. The Morgan fingerprint density at radius 3 is 2.24 bits per heavy atom. The summed E-state index contributed by atoms with van der Waals surface area (Å²) in [5, 5.41) is 8.14. The molecule has 0 heterocycles. The zero-order valence-corrected chi connectivity index (χ0v) is 23.8. The van der Waals surface area contributed by atoms with E-state index in [-0.39, 0.29) is 17.5 Å². The van der Waals surface area contributed by atoms with Crippen molar-refractivity contribution in [3.63, 3.8) is 0 Å². The van der Waals surface area contributed by atoms with Gasteiger partial charge in [-0.3, -0.25) is 14.4 Å². The molecule has 0 aromatic heterocycles. The summed E-state index contributed by atoms with van der Waals surface area (Å²) in [5.74, 6) is -0.300. The van der Waals surface area contributed by atoms with Gasteiger partial charge in [-0.05, 0) is 80.1 Å². The van der Waals surface area contributed by atoms with Gasteiger partial charge in [-0.2, -0.15) is 0 Å². The Morgan fingerprint density at radius 2 is 1.54 bits per heavy atom. The summed E-state index contributed by atoms with van der Waals surface area (Å²) in [7, 11) is 1.59. The van der Waals surface area contributed by atoms with Crippen LogP contribution in [0.25, 0.3) is 6.08 Å². The number of nitrogens with one attached hydrogen (secondary N) is 3. The molecule has 41 heavy (non-hydrogen) atoms. The Hall–Kier alpha value is -4.82. The molecule has 0 aliphatic rings. The molecule has 4 aromatic carbocycles. The van der Waals surface area contributed by atoms with E-state index in [1.807, 2.05) is 50.2 Å². The molecule has 7 nitrogen and oxygen atoms in total. The highest BCUT2D eigenvalue weighted by molar-refractivity contribution is 8.00. The molecule has 4 rings (SSSR count). The van der Waals surface area contributed by atoms with Crippen LogP contribution in [0.5, 0.6) is 5.75 Å². The van der Waals surface area contributed by atoms with E-state index >= 15 is 0 Å². The lowest BCUT2D eigenvalue weighted by molar-refractivity contribution is -0.115. The zero-order valence-electron chi connectivity index (χ0n) is 23.0. The number of anilines is 2. The molecule has 0 aliphatic heterocycles. The molecule has 0 bridgehead atoms. The number of carbonyl (C=O) groups is 3. The predicted octanol–water partition coefficient (Wildman–Crippen LogP) is 6.53. The van der Waals surface area contributed by atoms with E-state index < -0.39 is 11.2 Å². The van der Waals surface area contributed by atoms with Gasteiger partial charge < -0.3 is 20.7 Å². The van der Waals surface area contributed by atoms with Crippen molar-refractivity contribution in [3.05, 3.63) is 126 Å². The molecule has 8 heteroatoms. The first-order chi connectivity index (χ1) is 19.8. The van der Waals surface area contributed by atoms with E-state index in [9.17, 15) is 14.4 Å². The third kappa shape index (κ3) is 8.58. The van der Waals surface area contributed by atoms with Crippen molar-refractivity contribution in [2.75, 3.05) is 17.7 Å². The van der Waals surface area contributed by atoms with Crippen LogP contribution in [0.3, 0.4) is 0 Å². The van der Waals surface area contributed by atoms with E-state index in [2.05, 4.69) is 16.0 Å². The maximum absolute atomic E-state index is 13.4. The topological polar surface area (TPSA) is 96.5 Å². The molecule has 3 N–H and O–H groups in total. The van der Waals surface area contributed by atoms with Crippen LogP contribution in [0.2, 0.25) is 0 Å². The number of benzene rings is 4. The first-order valence-corrected chi connectivity index (χ1v) is 13.9. The van der Waals surface area contributed by atoms with Gasteiger partial charge in [-0.1, -0.05) is 54.1 Å². The second kappa shape index (κ2) is 14.0. The highest BCUT2D eigenvalue weighted by Gasteiger charge is 2.17. The zero-order chi connectivity index (χ0) is 29.2. The number of aryl methyl sites for hydroxylation is 1. The molecule has 208 valence electrons. The highest BCUT2D eigenvalue weighted by Crippen LogP contribution is 2.27. The third-order valence-corrected chi connectivity index (χ3v) is 7.11. The van der Waals surface area contributed by atoms with Crippen LogP contribution in [0.4, 0.5) is 11.4 Å². The smallest absolute Gasteiger partial charge is 0.272 e. The van der Waals surface area contributed by atoms with Crippen molar-refractivity contribution in [1.82, 2.24) is 5.32 Å². The molecule has 3 amide bonds. The van der Waals surface area contributed by atoms with Gasteiger partial charge in [0.25, 0.3) is 11.8 Å². The van der Waals surface area contributed by atoms with Crippen molar-refractivity contribution < 1.29 is 19.1 Å². The quantitative estimate of drug-likeness (QED) is 0.150. The summed E-state index contributed by atoms with van der Waals surface area (Å²) in [4.78, 5) is 39.8. The highest BCUT2D eigenvalue weighted by atomic mass is 32.2. The molecule has 0 fully saturated rings. The average Bonchev–Trinajstić information content (AvgIpc) is 2.97. The second-order valence-corrected chi connectivity index (χ2v) is 10.7. The van der Waals surface area contributed by atoms with E-state index in [1.165, 1.54) is 11.8 Å². The number of ether oxygens (including phenoxy) is 1. The van der Waals surface area contributed by atoms with E-state index in [0.717, 1.165) is 16.0 Å². The van der Waals surface area contributed by atoms with Crippen molar-refractivity contribution in [1.29, 1.82) is 0 Å². The molecule has 1 atom stereocenters. The summed E-state index contributed by atoms with van der Waals surface area (Å²) >= 11 is 1.37. The minimum absolute atomic E-state index is 0.106. The first kappa shape index (κ1) is 29.2. The number of hydrogen-bond donors (Lipinski definition) is 3. The van der Waals surface area contributed by atoms with E-state index in [4.69, 9.17) is 4.74 Å². The fraction of sp³-hybridized carbons (Fsp3) is 0.121. The first-order valence-electron chi connectivity index (χ1n) is 13.0. The van der Waals surface area contributed by atoms with Crippen molar-refractivity contribution in [2.24, 2.45) is 0 Å². The van der Waals surface area contributed by atoms with Gasteiger partial charge in [0.05, 0.1) is 12.4 Å². The van der Waals surface area contributed by atoms with Crippen LogP contribution in [-0.2, 0) is 9.59 Å². The molecule has 0 aliphatic carbocycles. The van der Waals surface area contributed by atoms with Crippen molar-refractivity contribution in [2.45, 2.75) is 24.0 Å². The maximum atomic E-state index is 13.4. The monoisotopic (exact) mass is 565 g/mol. The van der Waals surface area contributed by atoms with Gasteiger partial charge in [0, 0.05) is 21.8 Å². The standard InChI is InChI=1S/C33H31N3O4S/c1-22-9-7-10-24(19-22)20-30(36-32(38)25-11-5-4-6-12-25)33(39)35-27-13-8-14-29(21-27)41-23(2)31(37)34-26-15-17-28(40-3)18-16-26/h4-21,23H,1-3H3,(H,34,37)(H,35,39)(H,36,38)/b30-20+. The number of rotatable bonds is 10. The molecule has 0 saturated carbocycles. The van der Waals surface area contributed by atoms with Gasteiger partial charge in [-0.25, -0.2) is 0 Å². The summed E-state index contributed by atoms with van der Waals surface area (Å²) in [6, 6.07) is 30.7. The number of carbonyl (C=O) groups excluding carboxylic acids is 3. The fourth-order valence-corrected chi connectivity index (χ4v) is 4.82. The SMILES string of the molecule is COc1ccc(NC(=O)C(C)Sc2cccc(NC(=O)/C(=C\c3cccc(C)c3)NC(=O)c3ccccc3)c2)cc1. The average molecular weight is 566 g/mol. The summed E-state index contributed by atoms with van der Waals surface area (Å²) in [6.45, 7) is 3.78. The van der Waals surface area contributed by atoms with Crippen LogP contribution in [0.1, 0.15) is 28.4 Å². The Balaban J connectivity index is 1.46. The van der Waals surface area contributed by atoms with Gasteiger partial charge >= 0.3 is 0 Å². The van der Waals surface area contributed by atoms with Crippen LogP contribution >= 0.6 is 11.8 Å². The van der Waals surface area contributed by atoms with Crippen LogP contribution in [0.15, 0.2) is 114 Å². The summed E-state index contributed by atoms with van der Waals surface area (Å²) < 4.78 is 5.16. The van der Waals surface area contributed by atoms with Crippen molar-refractivity contribution >= 4 is 46.9 Å².